The lowest BCUT2D eigenvalue weighted by molar-refractivity contribution is 0.102. The molecule has 5 rings (SSSR count). The van der Waals surface area contributed by atoms with E-state index in [1.807, 2.05) is 30.3 Å². The Kier molecular flexibility index (Phi) is 6.36. The Morgan fingerprint density at radius 2 is 1.91 bits per heavy atom. The van der Waals surface area contributed by atoms with Crippen LogP contribution in [0.2, 0.25) is 5.02 Å². The lowest BCUT2D eigenvalue weighted by Gasteiger charge is -2.26. The van der Waals surface area contributed by atoms with Crippen LogP contribution in [0.4, 0.5) is 5.69 Å². The first-order chi connectivity index (χ1) is 16.0. The Labute approximate surface area is 201 Å². The second kappa shape index (κ2) is 9.41. The number of halogens is 1. The molecule has 8 heteroatoms. The highest BCUT2D eigenvalue weighted by molar-refractivity contribution is 7.85. The molecule has 0 bridgehead atoms. The zero-order valence-electron chi connectivity index (χ0n) is 18.6. The van der Waals surface area contributed by atoms with Crippen LogP contribution < -0.4 is 5.32 Å². The van der Waals surface area contributed by atoms with Crippen molar-refractivity contribution in [1.82, 2.24) is 15.1 Å². The van der Waals surface area contributed by atoms with Crippen LogP contribution in [0.25, 0.3) is 11.3 Å². The fourth-order valence-corrected chi connectivity index (χ4v) is 5.59. The first kappa shape index (κ1) is 22.3. The summed E-state index contributed by atoms with van der Waals surface area (Å²) in [7, 11) is -0.717. The molecule has 1 aliphatic carbocycles. The average Bonchev–Trinajstić information content (AvgIpc) is 3.59. The third-order valence-electron chi connectivity index (χ3n) is 6.42. The molecule has 0 radical (unpaired) electrons. The monoisotopic (exact) mass is 482 g/mol. The number of hydrogen-bond donors (Lipinski definition) is 2. The zero-order valence-corrected chi connectivity index (χ0v) is 20.1. The fraction of sp³-hybridized carbons (Fsp3) is 0.360. The van der Waals surface area contributed by atoms with E-state index in [9.17, 15) is 9.00 Å². The van der Waals surface area contributed by atoms with Gasteiger partial charge in [0.05, 0.1) is 5.69 Å². The van der Waals surface area contributed by atoms with Crippen molar-refractivity contribution in [3.05, 3.63) is 69.9 Å². The van der Waals surface area contributed by atoms with Gasteiger partial charge in [-0.3, -0.25) is 19.0 Å². The lowest BCUT2D eigenvalue weighted by atomic mass is 10.0. The van der Waals surface area contributed by atoms with Crippen molar-refractivity contribution in [3.8, 4) is 11.3 Å². The van der Waals surface area contributed by atoms with E-state index >= 15 is 0 Å². The van der Waals surface area contributed by atoms with Gasteiger partial charge < -0.3 is 5.32 Å². The minimum Gasteiger partial charge on any atom is -0.322 e. The van der Waals surface area contributed by atoms with Gasteiger partial charge in [0.15, 0.2) is 0 Å². The first-order valence-corrected chi connectivity index (χ1v) is 13.2. The van der Waals surface area contributed by atoms with Crippen LogP contribution in [0.15, 0.2) is 42.5 Å². The van der Waals surface area contributed by atoms with E-state index in [0.717, 1.165) is 35.6 Å². The van der Waals surface area contributed by atoms with Gasteiger partial charge in [0.1, 0.15) is 0 Å². The summed E-state index contributed by atoms with van der Waals surface area (Å²) in [6.45, 7) is 4.33. The number of hydrogen-bond acceptors (Lipinski definition) is 4. The molecule has 6 nitrogen and oxygen atoms in total. The number of nitrogens with one attached hydrogen (secondary N) is 2. The van der Waals surface area contributed by atoms with Crippen LogP contribution in [0.1, 0.15) is 45.9 Å². The quantitative estimate of drug-likeness (QED) is 0.532. The Morgan fingerprint density at radius 3 is 2.61 bits per heavy atom. The molecule has 1 saturated carbocycles. The van der Waals surface area contributed by atoms with Gasteiger partial charge in [-0.15, -0.1) is 0 Å². The van der Waals surface area contributed by atoms with Gasteiger partial charge in [-0.2, -0.15) is 5.10 Å². The van der Waals surface area contributed by atoms with E-state index in [2.05, 4.69) is 27.3 Å². The standard InChI is InChI=1S/C25H27ClN4O2S/c1-16-23(17-2-3-17)28-29-24(16)18-4-7-21(8-5-18)27-25(31)19-6-9-22(26)20(14-19)15-30-10-12-33(32)13-11-30/h4-9,14,17H,2-3,10-13,15H2,1H3,(H,27,31)(H,28,29). The second-order valence-corrected chi connectivity index (χ2v) is 11.0. The maximum atomic E-state index is 12.9. The summed E-state index contributed by atoms with van der Waals surface area (Å²) in [6.07, 6.45) is 2.47. The molecular formula is C25H27ClN4O2S. The highest BCUT2D eigenvalue weighted by Gasteiger charge is 2.28. The number of aromatic nitrogens is 2. The van der Waals surface area contributed by atoms with Crippen LogP contribution in [-0.2, 0) is 17.3 Å². The molecule has 172 valence electrons. The third kappa shape index (κ3) is 5.05. The predicted molar refractivity (Wildman–Crippen MR) is 133 cm³/mol. The van der Waals surface area contributed by atoms with Crippen molar-refractivity contribution in [2.45, 2.75) is 32.2 Å². The maximum Gasteiger partial charge on any atom is 0.255 e. The van der Waals surface area contributed by atoms with Crippen molar-refractivity contribution in [2.75, 3.05) is 29.9 Å². The van der Waals surface area contributed by atoms with Gasteiger partial charge in [0.2, 0.25) is 0 Å². The summed E-state index contributed by atoms with van der Waals surface area (Å²) >= 11 is 6.40. The fourth-order valence-electron chi connectivity index (χ4n) is 4.29. The van der Waals surface area contributed by atoms with Crippen molar-refractivity contribution >= 4 is 34.0 Å². The molecule has 33 heavy (non-hydrogen) atoms. The van der Waals surface area contributed by atoms with E-state index in [-0.39, 0.29) is 5.91 Å². The number of benzene rings is 2. The minimum absolute atomic E-state index is 0.174. The van der Waals surface area contributed by atoms with Gasteiger partial charge in [-0.25, -0.2) is 0 Å². The van der Waals surface area contributed by atoms with Crippen molar-refractivity contribution in [3.63, 3.8) is 0 Å². The largest absolute Gasteiger partial charge is 0.322 e. The average molecular weight is 483 g/mol. The summed E-state index contributed by atoms with van der Waals surface area (Å²) in [6, 6.07) is 13.2. The summed E-state index contributed by atoms with van der Waals surface area (Å²) in [4.78, 5) is 15.1. The highest BCUT2D eigenvalue weighted by atomic mass is 35.5. The molecule has 0 spiro atoms. The first-order valence-electron chi connectivity index (χ1n) is 11.3. The molecule has 0 atom stereocenters. The number of nitrogens with zero attached hydrogens (tertiary/aromatic N) is 2. The van der Waals surface area contributed by atoms with Crippen LogP contribution in [0.5, 0.6) is 0 Å². The minimum atomic E-state index is -0.717. The number of H-pyrrole nitrogens is 1. The lowest BCUT2D eigenvalue weighted by Crippen LogP contribution is -2.37. The molecule has 2 heterocycles. The SMILES string of the molecule is Cc1c(-c2ccc(NC(=O)c3ccc(Cl)c(CN4CCS(=O)CC4)c3)cc2)n[nH]c1C1CC1. The number of amides is 1. The van der Waals surface area contributed by atoms with Gasteiger partial charge in [0.25, 0.3) is 5.91 Å². The Morgan fingerprint density at radius 1 is 1.18 bits per heavy atom. The summed E-state index contributed by atoms with van der Waals surface area (Å²) < 4.78 is 11.6. The number of anilines is 1. The number of carbonyl (C=O) groups is 1. The molecule has 0 unspecified atom stereocenters. The summed E-state index contributed by atoms with van der Waals surface area (Å²) in [5.41, 5.74) is 6.67. The third-order valence-corrected chi connectivity index (χ3v) is 8.07. The predicted octanol–water partition coefficient (Wildman–Crippen LogP) is 4.73. The molecule has 2 N–H and O–H groups in total. The van der Waals surface area contributed by atoms with Crippen molar-refractivity contribution < 1.29 is 9.00 Å². The van der Waals surface area contributed by atoms with Gasteiger partial charge in [-0.1, -0.05) is 23.7 Å². The van der Waals surface area contributed by atoms with E-state index in [1.165, 1.54) is 24.1 Å². The van der Waals surface area contributed by atoms with Crippen LogP contribution in [-0.4, -0.2) is 49.8 Å². The van der Waals surface area contributed by atoms with E-state index in [4.69, 9.17) is 11.6 Å². The molecule has 2 aliphatic rings. The van der Waals surface area contributed by atoms with Gasteiger partial charge in [0, 0.05) is 75.4 Å². The molecular weight excluding hydrogens is 456 g/mol. The molecule has 3 aromatic rings. The number of carbonyl (C=O) groups excluding carboxylic acids is 1. The van der Waals surface area contributed by atoms with E-state index in [1.54, 1.807) is 12.1 Å². The van der Waals surface area contributed by atoms with Crippen LogP contribution in [0, 0.1) is 6.92 Å². The summed E-state index contributed by atoms with van der Waals surface area (Å²) in [5, 5.41) is 11.3. The van der Waals surface area contributed by atoms with E-state index < -0.39 is 10.8 Å². The molecule has 1 saturated heterocycles. The zero-order chi connectivity index (χ0) is 22.9. The number of rotatable bonds is 6. The van der Waals surface area contributed by atoms with Crippen molar-refractivity contribution in [2.24, 2.45) is 0 Å². The Bertz CT molecular complexity index is 1190. The maximum absolute atomic E-state index is 12.9. The number of aromatic amines is 1. The van der Waals surface area contributed by atoms with Crippen LogP contribution in [0.3, 0.4) is 0 Å². The Hall–Kier alpha value is -2.48. The highest BCUT2D eigenvalue weighted by Crippen LogP contribution is 2.42. The molecule has 1 aromatic heterocycles. The molecule has 2 fully saturated rings. The van der Waals surface area contributed by atoms with Gasteiger partial charge in [-0.05, 0) is 61.2 Å². The van der Waals surface area contributed by atoms with E-state index in [0.29, 0.717) is 34.6 Å². The van der Waals surface area contributed by atoms with Gasteiger partial charge >= 0.3 is 0 Å². The smallest absolute Gasteiger partial charge is 0.255 e. The normalized spacial score (nSPS) is 17.3. The van der Waals surface area contributed by atoms with Crippen LogP contribution >= 0.6 is 11.6 Å². The molecule has 2 aromatic carbocycles. The second-order valence-electron chi connectivity index (χ2n) is 8.85. The summed E-state index contributed by atoms with van der Waals surface area (Å²) in [5.74, 6) is 1.83. The molecule has 1 amide bonds. The van der Waals surface area contributed by atoms with Crippen molar-refractivity contribution in [1.29, 1.82) is 0 Å². The topological polar surface area (TPSA) is 78.1 Å². The molecule has 1 aliphatic heterocycles. The Balaban J connectivity index is 1.26.